The zero-order valence-corrected chi connectivity index (χ0v) is 9.56. The number of aliphatic carboxylic acids is 1. The second kappa shape index (κ2) is 4.41. The van der Waals surface area contributed by atoms with Crippen LogP contribution in [-0.4, -0.2) is 59.0 Å². The van der Waals surface area contributed by atoms with Crippen LogP contribution in [0.2, 0.25) is 0 Å². The van der Waals surface area contributed by atoms with Crippen LogP contribution < -0.4 is 0 Å². The molecule has 0 bridgehead atoms. The quantitative estimate of drug-likeness (QED) is 0.736. The molecule has 0 saturated carbocycles. The van der Waals surface area contributed by atoms with Gasteiger partial charge in [-0.05, 0) is 26.3 Å². The second-order valence-electron chi connectivity index (χ2n) is 4.68. The van der Waals surface area contributed by atoms with Crippen molar-refractivity contribution in [2.45, 2.75) is 25.8 Å². The van der Waals surface area contributed by atoms with E-state index < -0.39 is 5.97 Å². The van der Waals surface area contributed by atoms with E-state index in [1.165, 1.54) is 0 Å². The summed E-state index contributed by atoms with van der Waals surface area (Å²) in [4.78, 5) is 26.5. The molecule has 2 fully saturated rings. The predicted molar refractivity (Wildman–Crippen MR) is 58.0 cm³/mol. The third kappa shape index (κ3) is 2.04. The standard InChI is InChI=1S/C11H18N2O3/c1-8-9(11(15)16)3-6-13(8)7-10(14)12-4-2-5-12/h8-9H,2-7H2,1H3,(H,15,16). The van der Waals surface area contributed by atoms with Crippen LogP contribution in [0.3, 0.4) is 0 Å². The predicted octanol–water partition coefficient (Wildman–Crippen LogP) is 0.0137. The van der Waals surface area contributed by atoms with Crippen LogP contribution in [0.15, 0.2) is 0 Å². The number of rotatable bonds is 3. The van der Waals surface area contributed by atoms with Crippen molar-refractivity contribution >= 4 is 11.9 Å². The first-order valence-electron chi connectivity index (χ1n) is 5.84. The fourth-order valence-corrected chi connectivity index (χ4v) is 2.40. The molecule has 2 saturated heterocycles. The molecule has 5 nitrogen and oxygen atoms in total. The molecule has 2 atom stereocenters. The minimum atomic E-state index is -0.744. The average Bonchev–Trinajstić information content (AvgIpc) is 2.44. The maximum absolute atomic E-state index is 11.7. The van der Waals surface area contributed by atoms with Crippen LogP contribution in [0.25, 0.3) is 0 Å². The second-order valence-corrected chi connectivity index (χ2v) is 4.68. The maximum Gasteiger partial charge on any atom is 0.308 e. The minimum Gasteiger partial charge on any atom is -0.481 e. The summed E-state index contributed by atoms with van der Waals surface area (Å²) in [6.07, 6.45) is 1.75. The van der Waals surface area contributed by atoms with E-state index in [0.29, 0.717) is 13.0 Å². The van der Waals surface area contributed by atoms with E-state index in [2.05, 4.69) is 0 Å². The normalized spacial score (nSPS) is 30.2. The van der Waals surface area contributed by atoms with Gasteiger partial charge in [0.25, 0.3) is 0 Å². The van der Waals surface area contributed by atoms with Gasteiger partial charge in [0.2, 0.25) is 5.91 Å². The summed E-state index contributed by atoms with van der Waals surface area (Å²) >= 11 is 0. The van der Waals surface area contributed by atoms with Gasteiger partial charge < -0.3 is 10.0 Å². The molecule has 0 aromatic rings. The molecule has 1 N–H and O–H groups in total. The molecule has 16 heavy (non-hydrogen) atoms. The minimum absolute atomic E-state index is 0.0253. The summed E-state index contributed by atoms with van der Waals surface area (Å²) in [5.74, 6) is -0.917. The Morgan fingerprint density at radius 2 is 2.00 bits per heavy atom. The molecule has 2 aliphatic rings. The number of likely N-dealkylation sites (tertiary alicyclic amines) is 2. The Morgan fingerprint density at radius 3 is 2.44 bits per heavy atom. The number of hydrogen-bond donors (Lipinski definition) is 1. The van der Waals surface area contributed by atoms with Gasteiger partial charge in [0.15, 0.2) is 0 Å². The van der Waals surface area contributed by atoms with Gasteiger partial charge >= 0.3 is 5.97 Å². The topological polar surface area (TPSA) is 60.9 Å². The third-order valence-electron chi connectivity index (χ3n) is 3.75. The van der Waals surface area contributed by atoms with E-state index in [9.17, 15) is 9.59 Å². The first-order chi connectivity index (χ1) is 7.59. The Kier molecular flexibility index (Phi) is 3.14. The van der Waals surface area contributed by atoms with Crippen LogP contribution >= 0.6 is 0 Å². The highest BCUT2D eigenvalue weighted by Gasteiger charge is 2.37. The highest BCUT2D eigenvalue weighted by Crippen LogP contribution is 2.24. The van der Waals surface area contributed by atoms with Gasteiger partial charge in [-0.1, -0.05) is 0 Å². The summed E-state index contributed by atoms with van der Waals surface area (Å²) in [7, 11) is 0. The lowest BCUT2D eigenvalue weighted by molar-refractivity contribution is -0.143. The number of hydrogen-bond acceptors (Lipinski definition) is 3. The number of carboxylic acid groups (broad SMARTS) is 1. The number of carbonyl (C=O) groups is 2. The molecule has 90 valence electrons. The van der Waals surface area contributed by atoms with Crippen molar-refractivity contribution in [3.63, 3.8) is 0 Å². The summed E-state index contributed by atoms with van der Waals surface area (Å²) in [5.41, 5.74) is 0. The van der Waals surface area contributed by atoms with E-state index >= 15 is 0 Å². The van der Waals surface area contributed by atoms with Crippen LogP contribution in [-0.2, 0) is 9.59 Å². The molecule has 0 aromatic heterocycles. The lowest BCUT2D eigenvalue weighted by Gasteiger charge is -2.33. The SMILES string of the molecule is CC1C(C(=O)O)CCN1CC(=O)N1CCC1. The first-order valence-corrected chi connectivity index (χ1v) is 5.84. The molecule has 0 spiro atoms. The van der Waals surface area contributed by atoms with Crippen molar-refractivity contribution in [1.29, 1.82) is 0 Å². The van der Waals surface area contributed by atoms with Crippen LogP contribution in [0, 0.1) is 5.92 Å². The van der Waals surface area contributed by atoms with Crippen molar-refractivity contribution < 1.29 is 14.7 Å². The smallest absolute Gasteiger partial charge is 0.308 e. The Bertz CT molecular complexity index is 302. The molecule has 0 radical (unpaired) electrons. The first kappa shape index (κ1) is 11.4. The van der Waals surface area contributed by atoms with Gasteiger partial charge in [-0.15, -0.1) is 0 Å². The highest BCUT2D eigenvalue weighted by molar-refractivity contribution is 5.79. The van der Waals surface area contributed by atoms with Gasteiger partial charge in [0.1, 0.15) is 0 Å². The van der Waals surface area contributed by atoms with Gasteiger partial charge in [-0.2, -0.15) is 0 Å². The lowest BCUT2D eigenvalue weighted by atomic mass is 10.0. The zero-order chi connectivity index (χ0) is 11.7. The number of nitrogens with zero attached hydrogens (tertiary/aromatic N) is 2. The van der Waals surface area contributed by atoms with Crippen LogP contribution in [0.4, 0.5) is 0 Å². The Hall–Kier alpha value is -1.10. The molecule has 2 aliphatic heterocycles. The molecule has 0 aromatic carbocycles. The van der Waals surface area contributed by atoms with Gasteiger partial charge in [0.05, 0.1) is 12.5 Å². The number of carboxylic acids is 1. The molecular weight excluding hydrogens is 208 g/mol. The van der Waals surface area contributed by atoms with Crippen molar-refractivity contribution in [2.75, 3.05) is 26.2 Å². The number of amides is 1. The molecule has 2 heterocycles. The van der Waals surface area contributed by atoms with Crippen LogP contribution in [0.5, 0.6) is 0 Å². The van der Waals surface area contributed by atoms with Crippen molar-refractivity contribution in [3.8, 4) is 0 Å². The summed E-state index contributed by atoms with van der Waals surface area (Å²) < 4.78 is 0. The summed E-state index contributed by atoms with van der Waals surface area (Å²) in [5, 5.41) is 8.98. The van der Waals surface area contributed by atoms with Gasteiger partial charge in [-0.3, -0.25) is 14.5 Å². The highest BCUT2D eigenvalue weighted by atomic mass is 16.4. The Morgan fingerprint density at radius 1 is 1.31 bits per heavy atom. The molecule has 2 unspecified atom stereocenters. The van der Waals surface area contributed by atoms with E-state index in [-0.39, 0.29) is 17.9 Å². The van der Waals surface area contributed by atoms with Crippen LogP contribution in [0.1, 0.15) is 19.8 Å². The monoisotopic (exact) mass is 226 g/mol. The van der Waals surface area contributed by atoms with Crippen molar-refractivity contribution in [1.82, 2.24) is 9.80 Å². The van der Waals surface area contributed by atoms with Gasteiger partial charge in [0, 0.05) is 19.1 Å². The lowest BCUT2D eigenvalue weighted by Crippen LogP contribution is -2.48. The van der Waals surface area contributed by atoms with E-state index in [0.717, 1.165) is 26.1 Å². The fourth-order valence-electron chi connectivity index (χ4n) is 2.40. The molecule has 0 aliphatic carbocycles. The zero-order valence-electron chi connectivity index (χ0n) is 9.56. The van der Waals surface area contributed by atoms with Gasteiger partial charge in [-0.25, -0.2) is 0 Å². The van der Waals surface area contributed by atoms with Crippen molar-refractivity contribution in [3.05, 3.63) is 0 Å². The molecule has 1 amide bonds. The fraction of sp³-hybridized carbons (Fsp3) is 0.818. The summed E-state index contributed by atoms with van der Waals surface area (Å²) in [6.45, 7) is 4.73. The van der Waals surface area contributed by atoms with E-state index in [4.69, 9.17) is 5.11 Å². The maximum atomic E-state index is 11.7. The Labute approximate surface area is 95.0 Å². The molecular formula is C11H18N2O3. The average molecular weight is 226 g/mol. The molecule has 2 rings (SSSR count). The summed E-state index contributed by atoms with van der Waals surface area (Å²) in [6, 6.07) is -0.0253. The Balaban J connectivity index is 1.86. The largest absolute Gasteiger partial charge is 0.481 e. The third-order valence-corrected chi connectivity index (χ3v) is 3.75. The van der Waals surface area contributed by atoms with Crippen molar-refractivity contribution in [2.24, 2.45) is 5.92 Å². The van der Waals surface area contributed by atoms with E-state index in [1.54, 1.807) is 0 Å². The van der Waals surface area contributed by atoms with E-state index in [1.807, 2.05) is 16.7 Å². The molecule has 5 heteroatoms. The number of carbonyl (C=O) groups excluding carboxylic acids is 1.